The third-order valence-electron chi connectivity index (χ3n) is 4.11. The van der Waals surface area contributed by atoms with Gasteiger partial charge in [-0.2, -0.15) is 0 Å². The summed E-state index contributed by atoms with van der Waals surface area (Å²) in [5.74, 6) is -0.0985. The monoisotopic (exact) mass is 389 g/mol. The second-order valence-corrected chi connectivity index (χ2v) is 7.58. The lowest BCUT2D eigenvalue weighted by Crippen LogP contribution is -2.14. The number of thiazole rings is 1. The zero-order chi connectivity index (χ0) is 19.7. The number of hydrogen-bond acceptors (Lipinski definition) is 6. The van der Waals surface area contributed by atoms with Crippen molar-refractivity contribution in [2.45, 2.75) is 33.6 Å². The molecule has 0 aliphatic rings. The molecule has 1 N–H and O–H groups in total. The smallest absolute Gasteiger partial charge is 0.262 e. The van der Waals surface area contributed by atoms with E-state index in [9.17, 15) is 9.18 Å². The van der Waals surface area contributed by atoms with Gasteiger partial charge in [0.1, 0.15) is 11.3 Å². The molecular weight excluding hydrogens is 369 g/mol. The highest BCUT2D eigenvalue weighted by molar-refractivity contribution is 7.16. The van der Waals surface area contributed by atoms with E-state index >= 15 is 0 Å². The van der Waals surface area contributed by atoms with E-state index in [0.29, 0.717) is 33.4 Å². The zero-order valence-corrected chi connectivity index (χ0v) is 16.5. The van der Waals surface area contributed by atoms with Crippen LogP contribution in [0.2, 0.25) is 0 Å². The van der Waals surface area contributed by atoms with Crippen LogP contribution in [-0.2, 0) is 0 Å². The van der Waals surface area contributed by atoms with E-state index < -0.39 is 5.82 Å². The fourth-order valence-electron chi connectivity index (χ4n) is 2.75. The van der Waals surface area contributed by atoms with E-state index in [-0.39, 0.29) is 17.6 Å². The molecular formula is C19H20FN3O3S. The van der Waals surface area contributed by atoms with Crippen molar-refractivity contribution < 1.29 is 18.4 Å². The molecule has 2 heterocycles. The van der Waals surface area contributed by atoms with Crippen molar-refractivity contribution in [1.29, 1.82) is 0 Å². The number of nitrogens with one attached hydrogen (secondary N) is 1. The third kappa shape index (κ3) is 3.71. The predicted octanol–water partition coefficient (Wildman–Crippen LogP) is 4.94. The van der Waals surface area contributed by atoms with Gasteiger partial charge in [0.25, 0.3) is 5.91 Å². The maximum absolute atomic E-state index is 14.0. The predicted molar refractivity (Wildman–Crippen MR) is 102 cm³/mol. The van der Waals surface area contributed by atoms with Crippen LogP contribution in [0.4, 0.5) is 9.52 Å². The van der Waals surface area contributed by atoms with Gasteiger partial charge in [-0.05, 0) is 38.0 Å². The van der Waals surface area contributed by atoms with Crippen LogP contribution < -0.4 is 10.1 Å². The second-order valence-electron chi connectivity index (χ2n) is 6.38. The van der Waals surface area contributed by atoms with E-state index in [0.717, 1.165) is 4.88 Å². The summed E-state index contributed by atoms with van der Waals surface area (Å²) in [5.41, 5.74) is 2.26. The molecule has 0 atom stereocenters. The molecule has 8 heteroatoms. The van der Waals surface area contributed by atoms with Crippen LogP contribution in [-0.4, -0.2) is 23.2 Å². The SMILES string of the molecule is COc1ccc(-c2nc(NC(=O)c3c(C(C)C)noc3C)sc2C)cc1F. The van der Waals surface area contributed by atoms with E-state index in [1.54, 1.807) is 19.1 Å². The average molecular weight is 389 g/mol. The van der Waals surface area contributed by atoms with Crippen molar-refractivity contribution in [3.8, 4) is 17.0 Å². The van der Waals surface area contributed by atoms with Crippen molar-refractivity contribution in [3.63, 3.8) is 0 Å². The van der Waals surface area contributed by atoms with Gasteiger partial charge in [0.05, 0.1) is 18.5 Å². The molecule has 1 aromatic carbocycles. The summed E-state index contributed by atoms with van der Waals surface area (Å²) in [5, 5.41) is 7.20. The Bertz CT molecular complexity index is 994. The summed E-state index contributed by atoms with van der Waals surface area (Å²) in [6, 6.07) is 4.65. The van der Waals surface area contributed by atoms with Crippen LogP contribution in [0.15, 0.2) is 22.7 Å². The van der Waals surface area contributed by atoms with Gasteiger partial charge in [-0.15, -0.1) is 11.3 Å². The van der Waals surface area contributed by atoms with Crippen LogP contribution in [0.3, 0.4) is 0 Å². The average Bonchev–Trinajstić information content (AvgIpc) is 3.17. The topological polar surface area (TPSA) is 77.2 Å². The first kappa shape index (κ1) is 19.0. The van der Waals surface area contributed by atoms with Crippen LogP contribution in [0.5, 0.6) is 5.75 Å². The Hall–Kier alpha value is -2.74. The van der Waals surface area contributed by atoms with E-state index in [1.165, 1.54) is 24.5 Å². The highest BCUT2D eigenvalue weighted by Crippen LogP contribution is 2.33. The molecule has 27 heavy (non-hydrogen) atoms. The van der Waals surface area contributed by atoms with Gasteiger partial charge < -0.3 is 9.26 Å². The quantitative estimate of drug-likeness (QED) is 0.669. The molecule has 1 amide bonds. The minimum Gasteiger partial charge on any atom is -0.494 e. The first-order valence-electron chi connectivity index (χ1n) is 8.40. The molecule has 142 valence electrons. The number of benzene rings is 1. The molecule has 0 saturated carbocycles. The highest BCUT2D eigenvalue weighted by Gasteiger charge is 2.23. The van der Waals surface area contributed by atoms with Gasteiger partial charge in [0, 0.05) is 10.4 Å². The number of halogens is 1. The standard InChI is InChI=1S/C19H20FN3O3S/c1-9(2)16-15(10(3)26-23-16)18(24)22-19-21-17(11(4)27-19)12-6-7-14(25-5)13(20)8-12/h6-9H,1-5H3,(H,21,22,24). The number of carbonyl (C=O) groups excluding carboxylic acids is 1. The summed E-state index contributed by atoms with van der Waals surface area (Å²) >= 11 is 1.32. The first-order valence-corrected chi connectivity index (χ1v) is 9.22. The number of methoxy groups -OCH3 is 1. The number of nitrogens with zero attached hydrogens (tertiary/aromatic N) is 2. The summed E-state index contributed by atoms with van der Waals surface area (Å²) < 4.78 is 24.1. The lowest BCUT2D eigenvalue weighted by Gasteiger charge is -2.05. The Morgan fingerprint density at radius 3 is 2.70 bits per heavy atom. The number of aryl methyl sites for hydroxylation is 2. The van der Waals surface area contributed by atoms with Crippen LogP contribution in [0.1, 0.15) is 46.5 Å². The van der Waals surface area contributed by atoms with Crippen molar-refractivity contribution in [1.82, 2.24) is 10.1 Å². The van der Waals surface area contributed by atoms with E-state index in [2.05, 4.69) is 15.5 Å². The van der Waals surface area contributed by atoms with Crippen LogP contribution in [0, 0.1) is 19.7 Å². The lowest BCUT2D eigenvalue weighted by molar-refractivity contribution is 0.102. The Balaban J connectivity index is 1.88. The lowest BCUT2D eigenvalue weighted by atomic mass is 10.0. The van der Waals surface area contributed by atoms with Gasteiger partial charge in [-0.1, -0.05) is 19.0 Å². The summed E-state index contributed by atoms with van der Waals surface area (Å²) in [4.78, 5) is 18.0. The number of rotatable bonds is 5. The van der Waals surface area contributed by atoms with Crippen LogP contribution in [0.25, 0.3) is 11.3 Å². The Labute approximate surface area is 160 Å². The minimum atomic E-state index is -0.463. The fourth-order valence-corrected chi connectivity index (χ4v) is 3.58. The summed E-state index contributed by atoms with van der Waals surface area (Å²) in [6.45, 7) is 7.46. The Kier molecular flexibility index (Phi) is 5.27. The minimum absolute atomic E-state index is 0.0547. The van der Waals surface area contributed by atoms with Crippen molar-refractivity contribution in [3.05, 3.63) is 45.9 Å². The van der Waals surface area contributed by atoms with E-state index in [4.69, 9.17) is 9.26 Å². The van der Waals surface area contributed by atoms with Gasteiger partial charge in [-0.25, -0.2) is 9.37 Å². The second kappa shape index (κ2) is 7.48. The van der Waals surface area contributed by atoms with Gasteiger partial charge in [0.2, 0.25) is 0 Å². The summed E-state index contributed by atoms with van der Waals surface area (Å²) in [6.07, 6.45) is 0. The number of amides is 1. The Morgan fingerprint density at radius 2 is 2.07 bits per heavy atom. The molecule has 0 saturated heterocycles. The molecule has 0 unspecified atom stereocenters. The number of hydrogen-bond donors (Lipinski definition) is 1. The first-order chi connectivity index (χ1) is 12.8. The number of carbonyl (C=O) groups is 1. The van der Waals surface area contributed by atoms with E-state index in [1.807, 2.05) is 20.8 Å². The normalized spacial score (nSPS) is 11.1. The van der Waals surface area contributed by atoms with Gasteiger partial charge in [0.15, 0.2) is 16.7 Å². The maximum atomic E-state index is 14.0. The molecule has 3 rings (SSSR count). The molecule has 0 fully saturated rings. The molecule has 0 radical (unpaired) electrons. The van der Waals surface area contributed by atoms with Crippen molar-refractivity contribution in [2.24, 2.45) is 0 Å². The number of aromatic nitrogens is 2. The number of anilines is 1. The summed E-state index contributed by atoms with van der Waals surface area (Å²) in [7, 11) is 1.41. The molecule has 0 bridgehead atoms. The molecule has 0 spiro atoms. The number of ether oxygens (including phenoxy) is 1. The molecule has 0 aliphatic heterocycles. The van der Waals surface area contributed by atoms with Gasteiger partial charge in [-0.3, -0.25) is 10.1 Å². The van der Waals surface area contributed by atoms with Crippen molar-refractivity contribution in [2.75, 3.05) is 12.4 Å². The maximum Gasteiger partial charge on any atom is 0.262 e. The fraction of sp³-hybridized carbons (Fsp3) is 0.316. The largest absolute Gasteiger partial charge is 0.494 e. The third-order valence-corrected chi connectivity index (χ3v) is 4.99. The van der Waals surface area contributed by atoms with Gasteiger partial charge >= 0.3 is 0 Å². The molecule has 3 aromatic rings. The van der Waals surface area contributed by atoms with Crippen molar-refractivity contribution >= 4 is 22.4 Å². The molecule has 2 aromatic heterocycles. The highest BCUT2D eigenvalue weighted by atomic mass is 32.1. The van der Waals surface area contributed by atoms with Crippen LogP contribution >= 0.6 is 11.3 Å². The zero-order valence-electron chi connectivity index (χ0n) is 15.7. The molecule has 0 aliphatic carbocycles. The Morgan fingerprint density at radius 1 is 1.33 bits per heavy atom. The molecule has 6 nitrogen and oxygen atoms in total.